The van der Waals surface area contributed by atoms with E-state index in [9.17, 15) is 23.4 Å². The van der Waals surface area contributed by atoms with Gasteiger partial charge in [-0.2, -0.15) is 0 Å². The number of rotatable bonds is 3. The third-order valence-electron chi connectivity index (χ3n) is 6.70. The molecule has 0 radical (unpaired) electrons. The molecule has 0 aliphatic carbocycles. The molecule has 0 bridgehead atoms. The quantitative estimate of drug-likeness (QED) is 0.186. The molecule has 0 saturated heterocycles. The highest BCUT2D eigenvalue weighted by atomic mass is 79.9. The first-order valence-electron chi connectivity index (χ1n) is 11.6. The number of nitrogens with zero attached hydrogens (tertiary/aromatic N) is 1. The highest BCUT2D eigenvalue weighted by Crippen LogP contribution is 2.60. The number of carbonyl (C=O) groups is 1. The lowest BCUT2D eigenvalue weighted by atomic mass is 9.76. The monoisotopic (exact) mass is 639 g/mol. The molecule has 0 saturated carbocycles. The van der Waals surface area contributed by atoms with Crippen molar-refractivity contribution in [2.24, 2.45) is 10.9 Å². The standard InChI is InChI=1S/C27H18BrN3O7S2/c28-19-12-15(40(30,35)36)6-8-20(19)31(26(29)39)21-9-14(33)11-23-24(21)27(18-7-5-13(32)10-22(18)37-23)17-4-2-1-3-16(17)25(34)38-27/h1-12,32-33H,(H2,29,39)(H2,30,35,36). The zero-order chi connectivity index (χ0) is 28.6. The summed E-state index contributed by atoms with van der Waals surface area (Å²) in [6.07, 6.45) is 0. The Bertz CT molecular complexity index is 1900. The van der Waals surface area contributed by atoms with Gasteiger partial charge in [0.1, 0.15) is 23.0 Å². The fourth-order valence-electron chi connectivity index (χ4n) is 5.15. The van der Waals surface area contributed by atoms with Crippen molar-refractivity contribution >= 4 is 60.6 Å². The summed E-state index contributed by atoms with van der Waals surface area (Å²) in [5.74, 6) is -0.602. The van der Waals surface area contributed by atoms with E-state index in [4.69, 9.17) is 32.6 Å². The summed E-state index contributed by atoms with van der Waals surface area (Å²) >= 11 is 8.81. The molecule has 1 spiro atoms. The number of sulfonamides is 1. The Hall–Kier alpha value is -4.17. The lowest BCUT2D eigenvalue weighted by molar-refractivity contribution is 0.0226. The topological polar surface area (TPSA) is 165 Å². The van der Waals surface area contributed by atoms with E-state index in [2.05, 4.69) is 15.9 Å². The summed E-state index contributed by atoms with van der Waals surface area (Å²) in [7, 11) is -4.02. The second kappa shape index (κ2) is 8.93. The van der Waals surface area contributed by atoms with Gasteiger partial charge >= 0.3 is 5.97 Å². The molecule has 1 unspecified atom stereocenters. The number of fused-ring (bicyclic) bond motifs is 6. The molecule has 6 N–H and O–H groups in total. The predicted octanol–water partition coefficient (Wildman–Crippen LogP) is 4.46. The maximum atomic E-state index is 13.3. The Morgan fingerprint density at radius 3 is 2.35 bits per heavy atom. The summed E-state index contributed by atoms with van der Waals surface area (Å²) in [5, 5.41) is 26.1. The van der Waals surface area contributed by atoms with Crippen molar-refractivity contribution in [2.75, 3.05) is 4.90 Å². The summed E-state index contributed by atoms with van der Waals surface area (Å²) in [5.41, 5.74) is 6.64. The molecular weight excluding hydrogens is 622 g/mol. The van der Waals surface area contributed by atoms with Crippen molar-refractivity contribution in [2.45, 2.75) is 10.5 Å². The first kappa shape index (κ1) is 26.1. The number of nitrogens with two attached hydrogens (primary N) is 2. The summed E-state index contributed by atoms with van der Waals surface area (Å²) < 4.78 is 36.5. The molecule has 1 atom stereocenters. The zero-order valence-electron chi connectivity index (χ0n) is 20.2. The molecule has 0 amide bonds. The van der Waals surface area contributed by atoms with E-state index in [0.717, 1.165) is 0 Å². The minimum Gasteiger partial charge on any atom is -0.508 e. The average Bonchev–Trinajstić information content (AvgIpc) is 3.16. The van der Waals surface area contributed by atoms with Crippen molar-refractivity contribution in [1.82, 2.24) is 0 Å². The molecular formula is C27H18BrN3O7S2. The lowest BCUT2D eigenvalue weighted by Crippen LogP contribution is -2.38. The van der Waals surface area contributed by atoms with Crippen LogP contribution in [0.3, 0.4) is 0 Å². The second-order valence-corrected chi connectivity index (χ2v) is 11.9. The third kappa shape index (κ3) is 3.81. The molecule has 6 rings (SSSR count). The molecule has 10 nitrogen and oxygen atoms in total. The van der Waals surface area contributed by atoms with Crippen molar-refractivity contribution in [3.8, 4) is 23.0 Å². The number of esters is 1. The largest absolute Gasteiger partial charge is 0.508 e. The second-order valence-electron chi connectivity index (χ2n) is 9.07. The fourth-order valence-corrected chi connectivity index (χ4v) is 6.60. The average molecular weight is 640 g/mol. The Labute approximate surface area is 241 Å². The Kier molecular flexibility index (Phi) is 5.82. The molecule has 202 valence electrons. The van der Waals surface area contributed by atoms with E-state index in [1.165, 1.54) is 47.4 Å². The number of ether oxygens (including phenoxy) is 2. The van der Waals surface area contributed by atoms with E-state index in [1.54, 1.807) is 30.3 Å². The van der Waals surface area contributed by atoms with Crippen LogP contribution in [0.2, 0.25) is 0 Å². The normalized spacial score (nSPS) is 16.9. The van der Waals surface area contributed by atoms with Crippen LogP contribution in [0, 0.1) is 0 Å². The van der Waals surface area contributed by atoms with Gasteiger partial charge in [0.15, 0.2) is 10.7 Å². The first-order chi connectivity index (χ1) is 18.9. The fraction of sp³-hybridized carbons (Fsp3) is 0.0370. The number of primary sulfonamides is 1. The van der Waals surface area contributed by atoms with Crippen LogP contribution in [0.5, 0.6) is 23.0 Å². The Balaban J connectivity index is 1.70. The van der Waals surface area contributed by atoms with Crippen molar-refractivity contribution in [3.63, 3.8) is 0 Å². The Morgan fingerprint density at radius 2 is 1.65 bits per heavy atom. The Morgan fingerprint density at radius 1 is 0.925 bits per heavy atom. The number of halogens is 1. The minimum absolute atomic E-state index is 0.0843. The van der Waals surface area contributed by atoms with Gasteiger partial charge in [0.05, 0.1) is 27.4 Å². The van der Waals surface area contributed by atoms with Gasteiger partial charge in [0.25, 0.3) is 0 Å². The van der Waals surface area contributed by atoms with Crippen LogP contribution in [-0.4, -0.2) is 29.7 Å². The molecule has 0 aromatic heterocycles. The van der Waals surface area contributed by atoms with Crippen LogP contribution in [0.25, 0.3) is 0 Å². The molecule has 2 aliphatic rings. The van der Waals surface area contributed by atoms with Crippen LogP contribution in [-0.2, 0) is 20.4 Å². The van der Waals surface area contributed by atoms with Gasteiger partial charge in [-0.1, -0.05) is 18.2 Å². The molecule has 2 heterocycles. The van der Waals surface area contributed by atoms with Gasteiger partial charge in [-0.3, -0.25) is 4.90 Å². The number of hydrogen-bond acceptors (Lipinski definition) is 8. The van der Waals surface area contributed by atoms with Crippen LogP contribution >= 0.6 is 28.1 Å². The van der Waals surface area contributed by atoms with E-state index < -0.39 is 21.6 Å². The van der Waals surface area contributed by atoms with Crippen LogP contribution in [0.15, 0.2) is 82.2 Å². The van der Waals surface area contributed by atoms with E-state index in [0.29, 0.717) is 22.4 Å². The molecule has 2 aliphatic heterocycles. The summed E-state index contributed by atoms with van der Waals surface area (Å²) in [6, 6.07) is 18.0. The number of hydrogen-bond donors (Lipinski definition) is 4. The minimum atomic E-state index is -4.02. The maximum absolute atomic E-state index is 13.3. The van der Waals surface area contributed by atoms with Crippen LogP contribution in [0.4, 0.5) is 11.4 Å². The van der Waals surface area contributed by atoms with E-state index in [1.807, 2.05) is 0 Å². The number of phenols is 2. The highest BCUT2D eigenvalue weighted by Gasteiger charge is 2.55. The van der Waals surface area contributed by atoms with E-state index >= 15 is 0 Å². The number of carbonyl (C=O) groups excluding carboxylic acids is 1. The molecule has 13 heteroatoms. The summed E-state index contributed by atoms with van der Waals surface area (Å²) in [6.45, 7) is 0. The zero-order valence-corrected chi connectivity index (χ0v) is 23.4. The maximum Gasteiger partial charge on any atom is 0.340 e. The number of thiocarbonyl (C=S) groups is 1. The number of aromatic hydroxyl groups is 2. The highest BCUT2D eigenvalue weighted by molar-refractivity contribution is 9.10. The SMILES string of the molecule is NC(=S)N(c1ccc(S(N)(=O)=O)cc1Br)c1cc(O)cc2c1C1(OC(=O)c3ccccc31)c1ccc(O)cc1O2. The number of phenolic OH excluding ortho intramolecular Hbond substituents is 2. The van der Waals surface area contributed by atoms with Gasteiger partial charge < -0.3 is 25.4 Å². The number of benzene rings is 4. The lowest BCUT2D eigenvalue weighted by Gasteiger charge is -2.40. The van der Waals surface area contributed by atoms with Crippen LogP contribution in [0.1, 0.15) is 27.0 Å². The van der Waals surface area contributed by atoms with E-state index in [-0.39, 0.29) is 48.7 Å². The van der Waals surface area contributed by atoms with Gasteiger partial charge in [0, 0.05) is 33.8 Å². The smallest absolute Gasteiger partial charge is 0.340 e. The van der Waals surface area contributed by atoms with Gasteiger partial charge in [0.2, 0.25) is 10.0 Å². The molecule has 40 heavy (non-hydrogen) atoms. The third-order valence-corrected chi connectivity index (χ3v) is 8.43. The molecule has 4 aromatic rings. The first-order valence-corrected chi connectivity index (χ1v) is 14.3. The van der Waals surface area contributed by atoms with Crippen LogP contribution < -0.4 is 20.5 Å². The van der Waals surface area contributed by atoms with Crippen molar-refractivity contribution < 1.29 is 32.9 Å². The summed E-state index contributed by atoms with van der Waals surface area (Å²) in [4.78, 5) is 14.5. The van der Waals surface area contributed by atoms with Crippen molar-refractivity contribution in [1.29, 1.82) is 0 Å². The predicted molar refractivity (Wildman–Crippen MR) is 152 cm³/mol. The molecule has 4 aromatic carbocycles. The van der Waals surface area contributed by atoms with Gasteiger partial charge in [-0.25, -0.2) is 18.4 Å². The van der Waals surface area contributed by atoms with Gasteiger partial charge in [-0.05, 0) is 64.5 Å². The van der Waals surface area contributed by atoms with Crippen molar-refractivity contribution in [3.05, 3.63) is 99.5 Å². The molecule has 0 fully saturated rings. The van der Waals surface area contributed by atoms with Gasteiger partial charge in [-0.15, -0.1) is 0 Å². The number of anilines is 2.